The molecular weight excluding hydrogens is 232 g/mol. The van der Waals surface area contributed by atoms with E-state index >= 15 is 0 Å². The number of ether oxygens (including phenoxy) is 2. The molecule has 1 atom stereocenters. The Hall–Kier alpha value is -1.32. The number of carbonyl (C=O) groups is 2. The zero-order chi connectivity index (χ0) is 13.5. The van der Waals surface area contributed by atoms with Crippen LogP contribution in [0.3, 0.4) is 0 Å². The molecule has 0 heterocycles. The monoisotopic (exact) mass is 252 g/mol. The number of Topliss-reactive ketones (excluding diaryl/α,β-unsaturated/α-hetero) is 1. The van der Waals surface area contributed by atoms with Crippen LogP contribution in [0.2, 0.25) is 0 Å². The van der Waals surface area contributed by atoms with Crippen molar-refractivity contribution in [2.45, 2.75) is 46.1 Å². The van der Waals surface area contributed by atoms with Crippen LogP contribution in [0.5, 0.6) is 0 Å². The molecular formula is C14H20O4. The van der Waals surface area contributed by atoms with Crippen molar-refractivity contribution in [2.24, 2.45) is 11.3 Å². The average molecular weight is 252 g/mol. The van der Waals surface area contributed by atoms with E-state index in [4.69, 9.17) is 9.47 Å². The van der Waals surface area contributed by atoms with Crippen LogP contribution in [0.15, 0.2) is 11.3 Å². The highest BCUT2D eigenvalue weighted by Gasteiger charge is 2.46. The minimum absolute atomic E-state index is 0.00611. The lowest BCUT2D eigenvalue weighted by Crippen LogP contribution is -2.45. The lowest BCUT2D eigenvalue weighted by molar-refractivity contribution is -0.164. The summed E-state index contributed by atoms with van der Waals surface area (Å²) in [7, 11) is 1.48. The largest absolute Gasteiger partial charge is 0.493 e. The van der Waals surface area contributed by atoms with Crippen molar-refractivity contribution in [3.05, 3.63) is 11.3 Å². The van der Waals surface area contributed by atoms with Gasteiger partial charge in [0.05, 0.1) is 13.0 Å². The standard InChI is InChI=1S/C14H20O4/c1-8-7-14(2,3)12(10(15)11(8)17-4)18-13(16)9-5-6-9/h9,12H,5-7H2,1-4H3. The molecule has 0 saturated heterocycles. The number of esters is 1. The van der Waals surface area contributed by atoms with Crippen molar-refractivity contribution in [1.29, 1.82) is 0 Å². The third-order valence-corrected chi connectivity index (χ3v) is 3.63. The van der Waals surface area contributed by atoms with Gasteiger partial charge in [-0.25, -0.2) is 0 Å². The summed E-state index contributed by atoms with van der Waals surface area (Å²) in [6, 6.07) is 0. The van der Waals surface area contributed by atoms with Gasteiger partial charge in [-0.1, -0.05) is 13.8 Å². The van der Waals surface area contributed by atoms with Gasteiger partial charge in [-0.05, 0) is 31.8 Å². The first-order chi connectivity index (χ1) is 8.36. The van der Waals surface area contributed by atoms with E-state index < -0.39 is 6.10 Å². The molecule has 4 heteroatoms. The second-order valence-corrected chi connectivity index (χ2v) is 5.93. The molecule has 2 rings (SSSR count). The van der Waals surface area contributed by atoms with E-state index in [2.05, 4.69) is 0 Å². The molecule has 2 aliphatic carbocycles. The van der Waals surface area contributed by atoms with E-state index in [9.17, 15) is 9.59 Å². The Kier molecular flexibility index (Phi) is 3.21. The van der Waals surface area contributed by atoms with E-state index in [0.717, 1.165) is 18.4 Å². The van der Waals surface area contributed by atoms with Crippen LogP contribution in [0.1, 0.15) is 40.0 Å². The first kappa shape index (κ1) is 13.1. The zero-order valence-electron chi connectivity index (χ0n) is 11.4. The maximum Gasteiger partial charge on any atom is 0.309 e. The van der Waals surface area contributed by atoms with Gasteiger partial charge in [0, 0.05) is 5.41 Å². The predicted octanol–water partition coefficient (Wildman–Crippen LogP) is 2.23. The van der Waals surface area contributed by atoms with Crippen molar-refractivity contribution in [1.82, 2.24) is 0 Å². The maximum absolute atomic E-state index is 12.3. The minimum atomic E-state index is -0.718. The normalized spacial score (nSPS) is 27.1. The molecule has 18 heavy (non-hydrogen) atoms. The number of hydrogen-bond acceptors (Lipinski definition) is 4. The van der Waals surface area contributed by atoms with Gasteiger partial charge in [0.15, 0.2) is 11.9 Å². The Balaban J connectivity index is 2.21. The summed E-state index contributed by atoms with van der Waals surface area (Å²) in [5, 5.41) is 0. The van der Waals surface area contributed by atoms with Crippen LogP contribution in [-0.2, 0) is 19.1 Å². The van der Waals surface area contributed by atoms with Gasteiger partial charge in [-0.15, -0.1) is 0 Å². The number of rotatable bonds is 3. The third-order valence-electron chi connectivity index (χ3n) is 3.63. The molecule has 4 nitrogen and oxygen atoms in total. The SMILES string of the molecule is COC1=C(C)CC(C)(C)C(OC(=O)C2CC2)C1=O. The van der Waals surface area contributed by atoms with Crippen LogP contribution >= 0.6 is 0 Å². The lowest BCUT2D eigenvalue weighted by atomic mass is 9.74. The van der Waals surface area contributed by atoms with E-state index in [1.54, 1.807) is 0 Å². The van der Waals surface area contributed by atoms with Gasteiger partial charge in [-0.3, -0.25) is 9.59 Å². The Morgan fingerprint density at radius 2 is 1.94 bits per heavy atom. The summed E-state index contributed by atoms with van der Waals surface area (Å²) in [5.74, 6) is -0.0915. The van der Waals surface area contributed by atoms with Crippen LogP contribution in [0.4, 0.5) is 0 Å². The Bertz CT molecular complexity index is 416. The van der Waals surface area contributed by atoms with Crippen molar-refractivity contribution < 1.29 is 19.1 Å². The minimum Gasteiger partial charge on any atom is -0.493 e. The topological polar surface area (TPSA) is 52.6 Å². The maximum atomic E-state index is 12.3. The van der Waals surface area contributed by atoms with Gasteiger partial charge in [-0.2, -0.15) is 0 Å². The van der Waals surface area contributed by atoms with Gasteiger partial charge in [0.25, 0.3) is 0 Å². The Morgan fingerprint density at radius 1 is 1.33 bits per heavy atom. The molecule has 0 aromatic rings. The summed E-state index contributed by atoms with van der Waals surface area (Å²) in [4.78, 5) is 24.1. The summed E-state index contributed by atoms with van der Waals surface area (Å²) < 4.78 is 10.6. The molecule has 0 aromatic carbocycles. The molecule has 0 aliphatic heterocycles. The summed E-state index contributed by atoms with van der Waals surface area (Å²) >= 11 is 0. The van der Waals surface area contributed by atoms with Crippen LogP contribution in [0.25, 0.3) is 0 Å². The lowest BCUT2D eigenvalue weighted by Gasteiger charge is -2.37. The fraction of sp³-hybridized carbons (Fsp3) is 0.714. The first-order valence-corrected chi connectivity index (χ1v) is 6.35. The quantitative estimate of drug-likeness (QED) is 0.723. The second-order valence-electron chi connectivity index (χ2n) is 5.93. The molecule has 1 unspecified atom stereocenters. The fourth-order valence-corrected chi connectivity index (χ4v) is 2.56. The van der Waals surface area contributed by atoms with Gasteiger partial charge in [0.1, 0.15) is 0 Å². The fourth-order valence-electron chi connectivity index (χ4n) is 2.56. The number of ketones is 1. The highest BCUT2D eigenvalue weighted by molar-refractivity contribution is 6.00. The molecule has 0 N–H and O–H groups in total. The van der Waals surface area contributed by atoms with E-state index in [-0.39, 0.29) is 23.1 Å². The molecule has 1 saturated carbocycles. The third kappa shape index (κ3) is 2.28. The van der Waals surface area contributed by atoms with Crippen molar-refractivity contribution in [3.8, 4) is 0 Å². The van der Waals surface area contributed by atoms with Gasteiger partial charge in [0.2, 0.25) is 5.78 Å². The summed E-state index contributed by atoms with van der Waals surface area (Å²) in [6.45, 7) is 5.79. The molecule has 0 amide bonds. The molecule has 1 fully saturated rings. The molecule has 2 aliphatic rings. The predicted molar refractivity (Wildman–Crippen MR) is 65.7 cm³/mol. The van der Waals surface area contributed by atoms with E-state index in [1.807, 2.05) is 20.8 Å². The smallest absolute Gasteiger partial charge is 0.309 e. The van der Waals surface area contributed by atoms with Crippen LogP contribution < -0.4 is 0 Å². The highest BCUT2D eigenvalue weighted by atomic mass is 16.6. The number of hydrogen-bond donors (Lipinski definition) is 0. The molecule has 0 radical (unpaired) electrons. The highest BCUT2D eigenvalue weighted by Crippen LogP contribution is 2.40. The van der Waals surface area contributed by atoms with Gasteiger partial charge >= 0.3 is 5.97 Å². The Morgan fingerprint density at radius 3 is 2.44 bits per heavy atom. The van der Waals surface area contributed by atoms with Crippen molar-refractivity contribution >= 4 is 11.8 Å². The number of carbonyl (C=O) groups excluding carboxylic acids is 2. The molecule has 0 bridgehead atoms. The zero-order valence-corrected chi connectivity index (χ0v) is 11.4. The van der Waals surface area contributed by atoms with Crippen molar-refractivity contribution in [3.63, 3.8) is 0 Å². The van der Waals surface area contributed by atoms with Crippen LogP contribution in [-0.4, -0.2) is 25.0 Å². The van der Waals surface area contributed by atoms with E-state index in [0.29, 0.717) is 12.2 Å². The van der Waals surface area contributed by atoms with E-state index in [1.165, 1.54) is 7.11 Å². The number of allylic oxidation sites excluding steroid dienone is 1. The number of methoxy groups -OCH3 is 1. The van der Waals surface area contributed by atoms with Crippen molar-refractivity contribution in [2.75, 3.05) is 7.11 Å². The second kappa shape index (κ2) is 4.41. The summed E-state index contributed by atoms with van der Waals surface area (Å²) in [5.41, 5.74) is 0.555. The molecule has 0 spiro atoms. The van der Waals surface area contributed by atoms with Gasteiger partial charge < -0.3 is 9.47 Å². The summed E-state index contributed by atoms with van der Waals surface area (Å²) in [6.07, 6.45) is 1.74. The molecule has 0 aromatic heterocycles. The van der Waals surface area contributed by atoms with Crippen LogP contribution in [0, 0.1) is 11.3 Å². The average Bonchev–Trinajstić information content (AvgIpc) is 3.07. The molecule has 100 valence electrons. The Labute approximate surface area is 107 Å². The first-order valence-electron chi connectivity index (χ1n) is 6.35.